The first-order valence-corrected chi connectivity index (χ1v) is 8.79. The van der Waals surface area contributed by atoms with Gasteiger partial charge in [-0.1, -0.05) is 64.4 Å². The molecular formula is C19H32N2O. The lowest BCUT2D eigenvalue weighted by Gasteiger charge is -2.09. The van der Waals surface area contributed by atoms with Gasteiger partial charge >= 0.3 is 0 Å². The third kappa shape index (κ3) is 8.06. The number of nitrogens with one attached hydrogen (secondary N) is 1. The molecule has 0 aromatic heterocycles. The molecule has 1 rings (SSSR count). The van der Waals surface area contributed by atoms with Gasteiger partial charge in [0.05, 0.1) is 11.4 Å². The van der Waals surface area contributed by atoms with Gasteiger partial charge in [-0.2, -0.15) is 0 Å². The zero-order valence-electron chi connectivity index (χ0n) is 14.3. The second-order valence-corrected chi connectivity index (χ2v) is 6.22. The molecule has 0 aliphatic heterocycles. The fraction of sp³-hybridized carbons (Fsp3) is 0.632. The summed E-state index contributed by atoms with van der Waals surface area (Å²) >= 11 is 0. The lowest BCUT2D eigenvalue weighted by Crippen LogP contribution is -2.12. The Bertz CT molecular complexity index is 443. The number of rotatable bonds is 11. The minimum atomic E-state index is 0.0697. The highest BCUT2D eigenvalue weighted by atomic mass is 16.1. The van der Waals surface area contributed by atoms with Crippen molar-refractivity contribution < 1.29 is 4.79 Å². The first-order valence-electron chi connectivity index (χ1n) is 8.79. The minimum Gasteiger partial charge on any atom is -0.397 e. The van der Waals surface area contributed by atoms with Gasteiger partial charge in [0.1, 0.15) is 0 Å². The van der Waals surface area contributed by atoms with Crippen LogP contribution in [0.4, 0.5) is 11.4 Å². The van der Waals surface area contributed by atoms with Gasteiger partial charge in [-0.15, -0.1) is 0 Å². The molecular weight excluding hydrogens is 272 g/mol. The monoisotopic (exact) mass is 304 g/mol. The zero-order valence-corrected chi connectivity index (χ0v) is 14.3. The average molecular weight is 304 g/mol. The molecule has 3 heteroatoms. The molecule has 0 saturated carbocycles. The molecule has 1 aromatic carbocycles. The third-order valence-corrected chi connectivity index (χ3v) is 3.99. The van der Waals surface area contributed by atoms with Crippen molar-refractivity contribution in [1.82, 2.24) is 0 Å². The molecule has 1 amide bonds. The van der Waals surface area contributed by atoms with E-state index < -0.39 is 0 Å². The topological polar surface area (TPSA) is 55.1 Å². The summed E-state index contributed by atoms with van der Waals surface area (Å²) in [5.41, 5.74) is 8.34. The van der Waals surface area contributed by atoms with Crippen molar-refractivity contribution in [2.45, 2.75) is 78.1 Å². The molecule has 0 fully saturated rings. The highest BCUT2D eigenvalue weighted by molar-refractivity contribution is 5.93. The normalized spacial score (nSPS) is 10.6. The third-order valence-electron chi connectivity index (χ3n) is 3.99. The van der Waals surface area contributed by atoms with Crippen LogP contribution in [-0.4, -0.2) is 5.91 Å². The van der Waals surface area contributed by atoms with Crippen LogP contribution in [0.2, 0.25) is 0 Å². The van der Waals surface area contributed by atoms with E-state index >= 15 is 0 Å². The second-order valence-electron chi connectivity index (χ2n) is 6.22. The van der Waals surface area contributed by atoms with Crippen molar-refractivity contribution in [1.29, 1.82) is 0 Å². The van der Waals surface area contributed by atoms with E-state index in [4.69, 9.17) is 5.73 Å². The van der Waals surface area contributed by atoms with Crippen molar-refractivity contribution in [3.05, 3.63) is 23.8 Å². The molecule has 0 aliphatic carbocycles. The maximum atomic E-state index is 11.9. The van der Waals surface area contributed by atoms with Gasteiger partial charge in [0.25, 0.3) is 0 Å². The van der Waals surface area contributed by atoms with Gasteiger partial charge in [0.15, 0.2) is 0 Å². The summed E-state index contributed by atoms with van der Waals surface area (Å²) in [6.07, 6.45) is 12.0. The van der Waals surface area contributed by atoms with Gasteiger partial charge < -0.3 is 11.1 Å². The van der Waals surface area contributed by atoms with Crippen molar-refractivity contribution in [2.75, 3.05) is 11.1 Å². The first-order chi connectivity index (χ1) is 10.6. The minimum absolute atomic E-state index is 0.0697. The van der Waals surface area contributed by atoms with Gasteiger partial charge in [-0.3, -0.25) is 4.79 Å². The molecule has 0 spiro atoms. The Kier molecular flexibility index (Phi) is 9.36. The molecule has 22 heavy (non-hydrogen) atoms. The van der Waals surface area contributed by atoms with Crippen molar-refractivity contribution >= 4 is 17.3 Å². The Morgan fingerprint density at radius 2 is 1.59 bits per heavy atom. The number of nitrogens with two attached hydrogens (primary N) is 1. The van der Waals surface area contributed by atoms with Crippen LogP contribution in [0.25, 0.3) is 0 Å². The number of nitrogen functional groups attached to an aromatic ring is 1. The highest BCUT2D eigenvalue weighted by Crippen LogP contribution is 2.20. The average Bonchev–Trinajstić information content (AvgIpc) is 2.49. The predicted molar refractivity (Wildman–Crippen MR) is 96.1 cm³/mol. The summed E-state index contributed by atoms with van der Waals surface area (Å²) < 4.78 is 0. The van der Waals surface area contributed by atoms with Gasteiger partial charge in [-0.25, -0.2) is 0 Å². The number of aryl methyl sites for hydroxylation is 1. The Balaban J connectivity index is 2.07. The zero-order chi connectivity index (χ0) is 16.2. The summed E-state index contributed by atoms with van der Waals surface area (Å²) in [4.78, 5) is 11.9. The van der Waals surface area contributed by atoms with Crippen LogP contribution in [0.5, 0.6) is 0 Å². The molecule has 0 saturated heterocycles. The summed E-state index contributed by atoms with van der Waals surface area (Å²) in [6.45, 7) is 4.24. The molecule has 0 heterocycles. The van der Waals surface area contributed by atoms with Gasteiger partial charge in [0.2, 0.25) is 5.91 Å². The van der Waals surface area contributed by atoms with Crippen molar-refractivity contribution in [3.63, 3.8) is 0 Å². The Morgan fingerprint density at radius 3 is 2.23 bits per heavy atom. The van der Waals surface area contributed by atoms with E-state index in [1.54, 1.807) is 0 Å². The largest absolute Gasteiger partial charge is 0.397 e. The van der Waals surface area contributed by atoms with E-state index in [1.807, 2.05) is 25.1 Å². The predicted octanol–water partition coefficient (Wildman–Crippen LogP) is 5.44. The molecule has 0 aliphatic rings. The molecule has 1 aromatic rings. The second kappa shape index (κ2) is 11.1. The van der Waals surface area contributed by atoms with E-state index in [1.165, 1.54) is 44.9 Å². The van der Waals surface area contributed by atoms with E-state index in [9.17, 15) is 4.79 Å². The summed E-state index contributed by atoms with van der Waals surface area (Å²) in [5, 5.41) is 2.91. The summed E-state index contributed by atoms with van der Waals surface area (Å²) in [5.74, 6) is 0.0697. The number of benzene rings is 1. The van der Waals surface area contributed by atoms with E-state index in [2.05, 4.69) is 12.2 Å². The maximum Gasteiger partial charge on any atom is 0.224 e. The van der Waals surface area contributed by atoms with E-state index in [-0.39, 0.29) is 5.91 Å². The summed E-state index contributed by atoms with van der Waals surface area (Å²) in [7, 11) is 0. The lowest BCUT2D eigenvalue weighted by atomic mass is 10.1. The molecule has 0 unspecified atom stereocenters. The number of hydrogen-bond acceptors (Lipinski definition) is 2. The van der Waals surface area contributed by atoms with E-state index in [0.717, 1.165) is 24.1 Å². The number of hydrogen-bond donors (Lipinski definition) is 2. The molecule has 124 valence electrons. The molecule has 3 N–H and O–H groups in total. The van der Waals surface area contributed by atoms with Crippen molar-refractivity contribution in [3.8, 4) is 0 Å². The molecule has 0 atom stereocenters. The van der Waals surface area contributed by atoms with Crippen LogP contribution in [0.3, 0.4) is 0 Å². The quantitative estimate of drug-likeness (QED) is 0.422. The van der Waals surface area contributed by atoms with Crippen molar-refractivity contribution in [2.24, 2.45) is 0 Å². The Hall–Kier alpha value is -1.51. The number of carbonyl (C=O) groups excluding carboxylic acids is 1. The van der Waals surface area contributed by atoms with E-state index in [0.29, 0.717) is 12.1 Å². The number of unbranched alkanes of at least 4 members (excludes halogenated alkanes) is 8. The highest BCUT2D eigenvalue weighted by Gasteiger charge is 2.05. The first kappa shape index (κ1) is 18.5. The lowest BCUT2D eigenvalue weighted by molar-refractivity contribution is -0.116. The number of carbonyl (C=O) groups is 1. The van der Waals surface area contributed by atoms with Crippen LogP contribution >= 0.6 is 0 Å². The number of anilines is 2. The Morgan fingerprint density at radius 1 is 1.00 bits per heavy atom. The standard InChI is InChI=1S/C19H32N2O/c1-3-4-5-6-7-8-9-10-11-12-19(22)21-18-15-16(2)13-14-17(18)20/h13-15H,3-12,20H2,1-2H3,(H,21,22). The van der Waals surface area contributed by atoms with Crippen LogP contribution in [0.15, 0.2) is 18.2 Å². The van der Waals surface area contributed by atoms with Gasteiger partial charge in [0, 0.05) is 6.42 Å². The molecule has 0 bridgehead atoms. The van der Waals surface area contributed by atoms with Crippen LogP contribution in [0.1, 0.15) is 76.7 Å². The Labute approximate surface area is 135 Å². The maximum absolute atomic E-state index is 11.9. The van der Waals surface area contributed by atoms with Crippen LogP contribution in [0, 0.1) is 6.92 Å². The van der Waals surface area contributed by atoms with Crippen LogP contribution < -0.4 is 11.1 Å². The smallest absolute Gasteiger partial charge is 0.224 e. The fourth-order valence-corrected chi connectivity index (χ4v) is 2.59. The van der Waals surface area contributed by atoms with Crippen LogP contribution in [-0.2, 0) is 4.79 Å². The number of amides is 1. The van der Waals surface area contributed by atoms with Gasteiger partial charge in [-0.05, 0) is 31.0 Å². The molecule has 0 radical (unpaired) electrons. The fourth-order valence-electron chi connectivity index (χ4n) is 2.59. The summed E-state index contributed by atoms with van der Waals surface area (Å²) in [6, 6.07) is 5.71. The SMILES string of the molecule is CCCCCCCCCCCC(=O)Nc1cc(C)ccc1N. The molecule has 3 nitrogen and oxygen atoms in total.